The third-order valence-electron chi connectivity index (χ3n) is 1.87. The van der Waals surface area contributed by atoms with Crippen molar-refractivity contribution in [2.24, 2.45) is 0 Å². The van der Waals surface area contributed by atoms with Crippen LogP contribution in [0.4, 0.5) is 4.39 Å². The van der Waals surface area contributed by atoms with Gasteiger partial charge < -0.3 is 15.3 Å². The summed E-state index contributed by atoms with van der Waals surface area (Å²) in [7, 11) is 0. The lowest BCUT2D eigenvalue weighted by Gasteiger charge is -2.17. The van der Waals surface area contributed by atoms with Gasteiger partial charge in [0, 0.05) is 0 Å². The lowest BCUT2D eigenvalue weighted by molar-refractivity contribution is 0.0865. The van der Waals surface area contributed by atoms with Crippen molar-refractivity contribution in [3.8, 4) is 11.5 Å². The maximum Gasteiger partial charge on any atom is 0.157 e. The van der Waals surface area contributed by atoms with E-state index in [0.29, 0.717) is 0 Å². The summed E-state index contributed by atoms with van der Waals surface area (Å²) in [6.45, 7) is 0.524. The van der Waals surface area contributed by atoms with Crippen molar-refractivity contribution in [3.63, 3.8) is 0 Å². The van der Waals surface area contributed by atoms with Gasteiger partial charge in [0.1, 0.15) is 0 Å². The van der Waals surface area contributed by atoms with E-state index >= 15 is 0 Å². The van der Waals surface area contributed by atoms with E-state index in [-0.39, 0.29) is 11.3 Å². The largest absolute Gasteiger partial charge is 0.504 e. The van der Waals surface area contributed by atoms with Gasteiger partial charge in [-0.05, 0) is 24.6 Å². The van der Waals surface area contributed by atoms with Crippen molar-refractivity contribution in [3.05, 3.63) is 23.8 Å². The third-order valence-corrected chi connectivity index (χ3v) is 1.87. The Morgan fingerprint density at radius 1 is 1.31 bits per heavy atom. The molecule has 0 radical (unpaired) electrons. The first kappa shape index (κ1) is 9.80. The molecule has 0 aliphatic heterocycles. The lowest BCUT2D eigenvalue weighted by atomic mass is 9.98. The highest BCUT2D eigenvalue weighted by Crippen LogP contribution is 2.32. The predicted octanol–water partition coefficient (Wildman–Crippen LogP) is 1.27. The predicted molar refractivity (Wildman–Crippen MR) is 45.3 cm³/mol. The van der Waals surface area contributed by atoms with Crippen LogP contribution in [-0.2, 0) is 5.67 Å². The van der Waals surface area contributed by atoms with Gasteiger partial charge in [0.15, 0.2) is 17.2 Å². The standard InChI is InChI=1S/C9H11FO3/c1-9(10,5-11)6-2-3-7(12)8(13)4-6/h2-4,11-13H,5H2,1H3. The number of phenolic OH excluding ortho intramolecular Hbond substituents is 2. The van der Waals surface area contributed by atoms with Gasteiger partial charge in [0.2, 0.25) is 0 Å². The molecule has 0 heterocycles. The van der Waals surface area contributed by atoms with Crippen molar-refractivity contribution in [2.45, 2.75) is 12.6 Å². The maximum atomic E-state index is 13.4. The smallest absolute Gasteiger partial charge is 0.157 e. The number of hydrogen-bond donors (Lipinski definition) is 3. The number of rotatable bonds is 2. The van der Waals surface area contributed by atoms with Crippen molar-refractivity contribution in [1.82, 2.24) is 0 Å². The van der Waals surface area contributed by atoms with Crippen LogP contribution in [0, 0.1) is 0 Å². The fourth-order valence-electron chi connectivity index (χ4n) is 0.939. The van der Waals surface area contributed by atoms with Crippen LogP contribution in [0.2, 0.25) is 0 Å². The Hall–Kier alpha value is -1.29. The Bertz CT molecular complexity index is 310. The van der Waals surface area contributed by atoms with E-state index in [1.54, 1.807) is 0 Å². The van der Waals surface area contributed by atoms with E-state index in [1.165, 1.54) is 19.1 Å². The van der Waals surface area contributed by atoms with Crippen molar-refractivity contribution >= 4 is 0 Å². The summed E-state index contributed by atoms with van der Waals surface area (Å²) in [5, 5.41) is 26.7. The lowest BCUT2D eigenvalue weighted by Crippen LogP contribution is -2.19. The molecule has 0 amide bonds. The zero-order chi connectivity index (χ0) is 10.1. The Kier molecular flexibility index (Phi) is 2.43. The van der Waals surface area contributed by atoms with Gasteiger partial charge in [-0.25, -0.2) is 4.39 Å². The molecule has 0 fully saturated rings. The quantitative estimate of drug-likeness (QED) is 0.609. The van der Waals surface area contributed by atoms with Crippen molar-refractivity contribution < 1.29 is 19.7 Å². The fraction of sp³-hybridized carbons (Fsp3) is 0.333. The first-order valence-corrected chi connectivity index (χ1v) is 3.79. The Morgan fingerprint density at radius 2 is 1.92 bits per heavy atom. The molecular weight excluding hydrogens is 175 g/mol. The minimum absolute atomic E-state index is 0.130. The average molecular weight is 186 g/mol. The van der Waals surface area contributed by atoms with Gasteiger partial charge >= 0.3 is 0 Å². The van der Waals surface area contributed by atoms with Gasteiger partial charge in [-0.2, -0.15) is 0 Å². The first-order valence-electron chi connectivity index (χ1n) is 3.79. The second kappa shape index (κ2) is 3.22. The maximum absolute atomic E-state index is 13.4. The fourth-order valence-corrected chi connectivity index (χ4v) is 0.939. The summed E-state index contributed by atoms with van der Waals surface area (Å²) in [5.74, 6) is -0.702. The van der Waals surface area contributed by atoms with Gasteiger partial charge in [-0.15, -0.1) is 0 Å². The van der Waals surface area contributed by atoms with Crippen LogP contribution in [0.15, 0.2) is 18.2 Å². The molecule has 4 heteroatoms. The molecule has 1 aromatic carbocycles. The van der Waals surface area contributed by atoms with Gasteiger partial charge in [-0.3, -0.25) is 0 Å². The molecule has 0 saturated carbocycles. The van der Waals surface area contributed by atoms with Crippen LogP contribution in [0.5, 0.6) is 11.5 Å². The van der Waals surface area contributed by atoms with E-state index in [0.717, 1.165) is 6.07 Å². The summed E-state index contributed by atoms with van der Waals surface area (Å²) in [6, 6.07) is 3.58. The highest BCUT2D eigenvalue weighted by molar-refractivity contribution is 5.42. The summed E-state index contributed by atoms with van der Waals surface area (Å²) < 4.78 is 13.4. The second-order valence-electron chi connectivity index (χ2n) is 3.06. The number of hydrogen-bond acceptors (Lipinski definition) is 3. The van der Waals surface area contributed by atoms with E-state index in [9.17, 15) is 4.39 Å². The molecule has 1 unspecified atom stereocenters. The SMILES string of the molecule is CC(F)(CO)c1ccc(O)c(O)c1. The van der Waals surface area contributed by atoms with Crippen LogP contribution in [-0.4, -0.2) is 21.9 Å². The van der Waals surface area contributed by atoms with Gasteiger partial charge in [-0.1, -0.05) is 6.07 Å². The zero-order valence-corrected chi connectivity index (χ0v) is 7.16. The number of phenols is 2. The summed E-state index contributed by atoms with van der Waals surface area (Å²) in [4.78, 5) is 0. The molecule has 1 rings (SSSR count). The van der Waals surface area contributed by atoms with Crippen LogP contribution in [0.1, 0.15) is 12.5 Å². The number of aliphatic hydroxyl groups is 1. The third kappa shape index (κ3) is 1.89. The topological polar surface area (TPSA) is 60.7 Å². The highest BCUT2D eigenvalue weighted by Gasteiger charge is 2.25. The zero-order valence-electron chi connectivity index (χ0n) is 7.16. The molecule has 0 saturated heterocycles. The molecule has 72 valence electrons. The minimum atomic E-state index is -1.90. The Morgan fingerprint density at radius 3 is 2.38 bits per heavy atom. The number of aliphatic hydroxyl groups excluding tert-OH is 1. The average Bonchev–Trinajstić information content (AvgIpc) is 2.09. The van der Waals surface area contributed by atoms with Crippen LogP contribution >= 0.6 is 0 Å². The summed E-state index contributed by atoms with van der Waals surface area (Å²) in [5.41, 5.74) is -1.77. The van der Waals surface area contributed by atoms with E-state index in [4.69, 9.17) is 15.3 Å². The Balaban J connectivity index is 3.10. The molecule has 3 nitrogen and oxygen atoms in total. The molecule has 13 heavy (non-hydrogen) atoms. The second-order valence-corrected chi connectivity index (χ2v) is 3.06. The number of halogens is 1. The summed E-state index contributed by atoms with van der Waals surface area (Å²) >= 11 is 0. The van der Waals surface area contributed by atoms with E-state index < -0.39 is 18.0 Å². The Labute approximate surface area is 75.1 Å². The van der Waals surface area contributed by atoms with Gasteiger partial charge in [0.25, 0.3) is 0 Å². The highest BCUT2D eigenvalue weighted by atomic mass is 19.1. The van der Waals surface area contributed by atoms with Crippen molar-refractivity contribution in [2.75, 3.05) is 6.61 Å². The van der Waals surface area contributed by atoms with Crippen LogP contribution in [0.25, 0.3) is 0 Å². The molecule has 1 aromatic rings. The molecule has 0 aromatic heterocycles. The normalized spacial score (nSPS) is 15.3. The van der Waals surface area contributed by atoms with Crippen LogP contribution in [0.3, 0.4) is 0 Å². The molecule has 0 bridgehead atoms. The van der Waals surface area contributed by atoms with Crippen LogP contribution < -0.4 is 0 Å². The van der Waals surface area contributed by atoms with Crippen molar-refractivity contribution in [1.29, 1.82) is 0 Å². The summed E-state index contributed by atoms with van der Waals surface area (Å²) in [6.07, 6.45) is 0. The minimum Gasteiger partial charge on any atom is -0.504 e. The molecule has 0 aliphatic rings. The number of aromatic hydroxyl groups is 2. The number of benzene rings is 1. The van der Waals surface area contributed by atoms with Gasteiger partial charge in [0.05, 0.1) is 6.61 Å². The first-order chi connectivity index (χ1) is 5.97. The monoisotopic (exact) mass is 186 g/mol. The van der Waals surface area contributed by atoms with E-state index in [2.05, 4.69) is 0 Å². The molecule has 3 N–H and O–H groups in total. The number of alkyl halides is 1. The molecule has 1 atom stereocenters. The molecule has 0 aliphatic carbocycles. The van der Waals surface area contributed by atoms with E-state index in [1.807, 2.05) is 0 Å². The molecular formula is C9H11FO3. The molecule has 0 spiro atoms.